The predicted molar refractivity (Wildman–Crippen MR) is 99.0 cm³/mol. The molecule has 18 heteroatoms. The average molecular weight is 506 g/mol. The van der Waals surface area contributed by atoms with E-state index >= 15 is 0 Å². The molecule has 0 saturated carbocycles. The number of hydrogen-bond donors (Lipinski definition) is 2. The van der Waals surface area contributed by atoms with Gasteiger partial charge >= 0.3 is 35.5 Å². The molecular weight excluding hydrogens is 493 g/mol. The topological polar surface area (TPSA) is 196 Å². The minimum Gasteiger partial charge on any atom is -0.731 e. The van der Waals surface area contributed by atoms with Crippen molar-refractivity contribution in [3.8, 4) is 0 Å². The molecule has 2 rings (SSSR count). The molecule has 1 fully saturated rings. The van der Waals surface area contributed by atoms with Crippen molar-refractivity contribution in [1.82, 2.24) is 14.6 Å². The van der Waals surface area contributed by atoms with Gasteiger partial charge < -0.3 is 24.8 Å². The minimum atomic E-state index is -5.28. The monoisotopic (exact) mass is 505 g/mol. The van der Waals surface area contributed by atoms with Crippen LogP contribution in [0.4, 0.5) is 5.13 Å². The molecule has 2 N–H and O–H groups in total. The Labute approximate surface area is 206 Å². The van der Waals surface area contributed by atoms with Gasteiger partial charge in [0.2, 0.25) is 12.1 Å². The van der Waals surface area contributed by atoms with Crippen molar-refractivity contribution in [3.05, 3.63) is 11.1 Å². The maximum Gasteiger partial charge on any atom is 1.00 e. The fourth-order valence-electron chi connectivity index (χ4n) is 2.19. The van der Waals surface area contributed by atoms with E-state index in [9.17, 15) is 32.1 Å². The molecule has 0 aromatic carbocycles. The summed E-state index contributed by atoms with van der Waals surface area (Å²) in [5.41, 5.74) is -0.508. The van der Waals surface area contributed by atoms with Gasteiger partial charge in [-0.25, -0.2) is 17.7 Å². The summed E-state index contributed by atoms with van der Waals surface area (Å²) in [6, 6.07) is -1.67. The molecule has 2 heterocycles. The van der Waals surface area contributed by atoms with Crippen LogP contribution in [-0.2, 0) is 39.1 Å². The molecule has 0 unspecified atom stereocenters. The Bertz CT molecular complexity index is 1010. The average Bonchev–Trinajstić information content (AvgIpc) is 3.09. The predicted octanol–water partition coefficient (Wildman–Crippen LogP) is -4.65. The summed E-state index contributed by atoms with van der Waals surface area (Å²) >= 11 is 6.31. The Morgan fingerprint density at radius 3 is 2.58 bits per heavy atom. The number of nitrogens with zero attached hydrogens (tertiary/aromatic N) is 3. The van der Waals surface area contributed by atoms with Crippen LogP contribution in [0.25, 0.3) is 0 Å². The fraction of sp³-hybridized carbons (Fsp3) is 0.385. The Morgan fingerprint density at radius 1 is 1.42 bits per heavy atom. The van der Waals surface area contributed by atoms with E-state index in [1.54, 1.807) is 0 Å². The zero-order valence-electron chi connectivity index (χ0n) is 16.1. The summed E-state index contributed by atoms with van der Waals surface area (Å²) in [6.45, 7) is 0.918. The molecule has 2 atom stereocenters. The largest absolute Gasteiger partial charge is 1.00 e. The van der Waals surface area contributed by atoms with Crippen LogP contribution in [0.3, 0.4) is 0 Å². The number of amides is 3. The maximum absolute atomic E-state index is 12.6. The Hall–Kier alpha value is -1.82. The third-order valence-electron chi connectivity index (χ3n) is 3.33. The van der Waals surface area contributed by atoms with Crippen molar-refractivity contribution in [2.24, 2.45) is 5.16 Å². The molecule has 164 valence electrons. The van der Waals surface area contributed by atoms with Crippen molar-refractivity contribution in [1.29, 1.82) is 0 Å². The van der Waals surface area contributed by atoms with Gasteiger partial charge in [0.15, 0.2) is 27.2 Å². The van der Waals surface area contributed by atoms with Gasteiger partial charge in [-0.2, -0.15) is 0 Å². The number of aromatic nitrogens is 1. The Morgan fingerprint density at radius 2 is 2.06 bits per heavy atom. The first-order valence-corrected chi connectivity index (χ1v) is 10.5. The van der Waals surface area contributed by atoms with E-state index in [1.807, 2.05) is 0 Å². The molecule has 0 spiro atoms. The van der Waals surface area contributed by atoms with Crippen LogP contribution in [-0.4, -0.2) is 76.9 Å². The number of thiazole rings is 1. The van der Waals surface area contributed by atoms with E-state index < -0.39 is 52.0 Å². The van der Waals surface area contributed by atoms with Crippen molar-refractivity contribution < 1.29 is 71.3 Å². The van der Waals surface area contributed by atoms with Gasteiger partial charge in [-0.1, -0.05) is 5.16 Å². The van der Waals surface area contributed by atoms with Gasteiger partial charge in [0.05, 0.1) is 0 Å². The molecule has 1 saturated heterocycles. The number of hydrogen-bond acceptors (Lipinski definition) is 12. The van der Waals surface area contributed by atoms with E-state index in [0.29, 0.717) is 0 Å². The van der Waals surface area contributed by atoms with E-state index in [0.717, 1.165) is 25.4 Å². The van der Waals surface area contributed by atoms with Crippen molar-refractivity contribution in [2.75, 3.05) is 18.3 Å². The van der Waals surface area contributed by atoms with Gasteiger partial charge in [-0.05, 0) is 0 Å². The molecule has 1 aliphatic heterocycles. The summed E-state index contributed by atoms with van der Waals surface area (Å²) in [7, 11) is -4.16. The minimum absolute atomic E-state index is 0. The fourth-order valence-corrected chi connectivity index (χ4v) is 3.72. The van der Waals surface area contributed by atoms with Crippen LogP contribution in [0.15, 0.2) is 10.5 Å². The van der Waals surface area contributed by atoms with Crippen LogP contribution in [0.1, 0.15) is 12.6 Å². The number of β-lactam (4-membered cyclic amide) rings is 1. The molecule has 1 aromatic heterocycles. The molecule has 0 radical (unpaired) electrons. The number of nitrogens with one attached hydrogen (secondary N) is 2. The number of anilines is 1. The summed E-state index contributed by atoms with van der Waals surface area (Å²) < 4.78 is 37.9. The molecule has 3 amide bonds. The first kappa shape index (κ1) is 27.2. The second-order valence-electron chi connectivity index (χ2n) is 5.39. The number of esters is 1. The number of oxime groups is 1. The number of carbonyl (C=O) groups is 4. The molecule has 31 heavy (non-hydrogen) atoms. The smallest absolute Gasteiger partial charge is 0.731 e. The van der Waals surface area contributed by atoms with Crippen molar-refractivity contribution >= 4 is 67.8 Å². The van der Waals surface area contributed by atoms with Crippen molar-refractivity contribution in [2.45, 2.75) is 19.2 Å². The Balaban J connectivity index is 0.00000480. The zero-order chi connectivity index (χ0) is 22.6. The number of alkyl halides is 1. The SMILES string of the molecule is CON=C(C(=O)N[C@@H]1C(=O)N(S(=O)(=O)[O-])[C@H]1OC(C)=O)c1csc(NC(=O)CCl)n1.[Na+]. The normalized spacial score (nSPS) is 18.4. The van der Waals surface area contributed by atoms with Gasteiger partial charge in [0.25, 0.3) is 11.8 Å². The number of carbonyl (C=O) groups excluding carboxylic acids is 4. The maximum atomic E-state index is 12.6. The molecule has 0 bridgehead atoms. The van der Waals surface area contributed by atoms with E-state index in [1.165, 1.54) is 5.38 Å². The first-order chi connectivity index (χ1) is 14.0. The second kappa shape index (κ2) is 11.2. The molecular formula is C13H13ClN5NaO9S2. The quantitative estimate of drug-likeness (QED) is 0.0659. The third kappa shape index (κ3) is 6.58. The van der Waals surface area contributed by atoms with Crippen molar-refractivity contribution in [3.63, 3.8) is 0 Å². The van der Waals surface area contributed by atoms with Crippen LogP contribution in [0.2, 0.25) is 0 Å². The summed E-state index contributed by atoms with van der Waals surface area (Å²) in [6.07, 6.45) is -1.86. The van der Waals surface area contributed by atoms with Crippen LogP contribution in [0.5, 0.6) is 0 Å². The summed E-state index contributed by atoms with van der Waals surface area (Å²) in [4.78, 5) is 55.6. The standard InChI is InChI=1S/C13H14ClN5O9S2.Na/c1-5(20)28-12-9(11(23)19(12)30(24,25)26)17-10(22)8(18-27-2)6-4-29-13(15-6)16-7(21)3-14;/h4,9,12H,3H2,1-2H3,(H,17,22)(H,15,16,21)(H,24,25,26);/q;+1/p-1/t9-,12+;/m1./s1. The van der Waals surface area contributed by atoms with Crippen LogP contribution < -0.4 is 40.2 Å². The zero-order valence-corrected chi connectivity index (χ0v) is 20.5. The second-order valence-corrected chi connectivity index (χ2v) is 7.76. The third-order valence-corrected chi connectivity index (χ3v) is 5.20. The van der Waals surface area contributed by atoms with Crippen LogP contribution in [0, 0.1) is 0 Å². The number of halogens is 1. The van der Waals surface area contributed by atoms with E-state index in [4.69, 9.17) is 11.6 Å². The Kier molecular flexibility index (Phi) is 9.80. The number of rotatable bonds is 8. The molecule has 0 aliphatic carbocycles. The van der Waals surface area contributed by atoms with Gasteiger partial charge in [-0.15, -0.1) is 22.9 Å². The van der Waals surface area contributed by atoms with E-state index in [2.05, 4.69) is 30.3 Å². The first-order valence-electron chi connectivity index (χ1n) is 7.69. The molecule has 14 nitrogen and oxygen atoms in total. The van der Waals surface area contributed by atoms with Gasteiger partial charge in [0.1, 0.15) is 18.7 Å². The van der Waals surface area contributed by atoms with Crippen LogP contribution >= 0.6 is 22.9 Å². The number of ether oxygens (including phenoxy) is 1. The van der Waals surface area contributed by atoms with Gasteiger partial charge in [-0.3, -0.25) is 19.2 Å². The summed E-state index contributed by atoms with van der Waals surface area (Å²) in [5.74, 6) is -4.24. The molecule has 1 aliphatic rings. The van der Waals surface area contributed by atoms with E-state index in [-0.39, 0.29) is 50.6 Å². The van der Waals surface area contributed by atoms with Gasteiger partial charge in [0, 0.05) is 12.3 Å². The molecule has 1 aromatic rings. The summed E-state index contributed by atoms with van der Waals surface area (Å²) in [5, 5.41) is 9.38.